The minimum absolute atomic E-state index is 0.0149. The highest BCUT2D eigenvalue weighted by Crippen LogP contribution is 2.46. The molecule has 0 saturated heterocycles. The second kappa shape index (κ2) is 8.54. The Morgan fingerprint density at radius 2 is 1.91 bits per heavy atom. The average Bonchev–Trinajstić information content (AvgIpc) is 3.57. The lowest BCUT2D eigenvalue weighted by Gasteiger charge is -2.27. The Kier molecular flexibility index (Phi) is 5.67. The average molecular weight is 485 g/mol. The van der Waals surface area contributed by atoms with Gasteiger partial charge >= 0.3 is 11.6 Å². The van der Waals surface area contributed by atoms with E-state index in [-0.39, 0.29) is 22.8 Å². The standard InChI is InChI=1S/C25H23F3N4OS/c1-15-3-4-18(13-21(15)26)17-9-11-31(12-10-17)23-29-16(2)32(24(33)30-23)14-20-7-8-22(34-20)25(27,28)19-5-6-19/h3-5,7-9,13H,6,10-12,14H2,1-2H3. The quantitative estimate of drug-likeness (QED) is 0.450. The summed E-state index contributed by atoms with van der Waals surface area (Å²) < 4.78 is 43.9. The number of hydrogen-bond donors (Lipinski definition) is 0. The van der Waals surface area contributed by atoms with Crippen LogP contribution in [-0.2, 0) is 12.5 Å². The van der Waals surface area contributed by atoms with Gasteiger partial charge in [-0.3, -0.25) is 4.57 Å². The number of aryl methyl sites for hydroxylation is 2. The Labute approximate surface area is 198 Å². The zero-order valence-corrected chi connectivity index (χ0v) is 19.6. The molecule has 0 N–H and O–H groups in total. The molecule has 1 aliphatic carbocycles. The molecule has 0 atom stereocenters. The van der Waals surface area contributed by atoms with E-state index in [1.807, 2.05) is 17.0 Å². The minimum Gasteiger partial charge on any atom is -0.337 e. The van der Waals surface area contributed by atoms with Crippen LogP contribution in [0.1, 0.15) is 39.5 Å². The lowest BCUT2D eigenvalue weighted by molar-refractivity contribution is 0.0470. The molecule has 176 valence electrons. The SMILES string of the molecule is Cc1ccc(C2=CCN(c3nc(C)n(Cc4ccc(C(F)(F)C5=CC5)s4)c(=O)n3)CC2)cc1F. The lowest BCUT2D eigenvalue weighted by Crippen LogP contribution is -2.35. The molecular weight excluding hydrogens is 461 g/mol. The Balaban J connectivity index is 1.31. The Hall–Kier alpha value is -3.20. The molecule has 9 heteroatoms. The number of rotatable bonds is 6. The lowest BCUT2D eigenvalue weighted by atomic mass is 9.98. The third kappa shape index (κ3) is 4.32. The molecule has 0 saturated carbocycles. The predicted molar refractivity (Wildman–Crippen MR) is 127 cm³/mol. The molecule has 2 aliphatic rings. The van der Waals surface area contributed by atoms with E-state index in [1.165, 1.54) is 16.7 Å². The van der Waals surface area contributed by atoms with Crippen LogP contribution >= 0.6 is 11.3 Å². The summed E-state index contributed by atoms with van der Waals surface area (Å²) in [6, 6.07) is 8.28. The molecule has 0 spiro atoms. The van der Waals surface area contributed by atoms with Crippen LogP contribution in [0.5, 0.6) is 0 Å². The van der Waals surface area contributed by atoms with Crippen LogP contribution in [0, 0.1) is 19.7 Å². The number of aromatic nitrogens is 3. The van der Waals surface area contributed by atoms with Crippen molar-refractivity contribution in [3.8, 4) is 0 Å². The molecule has 0 bridgehead atoms. The smallest absolute Gasteiger partial charge is 0.337 e. The van der Waals surface area contributed by atoms with Gasteiger partial charge in [-0.15, -0.1) is 11.3 Å². The van der Waals surface area contributed by atoms with Crippen LogP contribution in [0.2, 0.25) is 0 Å². The molecular formula is C25H23F3N4OS. The summed E-state index contributed by atoms with van der Waals surface area (Å²) >= 11 is 1.00. The molecule has 0 amide bonds. The van der Waals surface area contributed by atoms with Gasteiger partial charge in [0.25, 0.3) is 0 Å². The fourth-order valence-corrected chi connectivity index (χ4v) is 5.00. The van der Waals surface area contributed by atoms with Gasteiger partial charge in [0, 0.05) is 23.5 Å². The third-order valence-corrected chi connectivity index (χ3v) is 7.35. The van der Waals surface area contributed by atoms with Crippen LogP contribution in [0.4, 0.5) is 19.1 Å². The molecule has 0 fully saturated rings. The number of thiophene rings is 1. The number of benzene rings is 1. The Bertz CT molecular complexity index is 1390. The van der Waals surface area contributed by atoms with E-state index in [9.17, 15) is 18.0 Å². The molecule has 34 heavy (non-hydrogen) atoms. The summed E-state index contributed by atoms with van der Waals surface area (Å²) in [4.78, 5) is 24.0. The number of anilines is 1. The number of allylic oxidation sites excluding steroid dienone is 2. The van der Waals surface area contributed by atoms with Crippen LogP contribution in [0.3, 0.4) is 0 Å². The van der Waals surface area contributed by atoms with E-state index >= 15 is 0 Å². The van der Waals surface area contributed by atoms with E-state index < -0.39 is 11.6 Å². The van der Waals surface area contributed by atoms with Crippen LogP contribution in [0.25, 0.3) is 5.57 Å². The van der Waals surface area contributed by atoms with Crippen molar-refractivity contribution in [2.45, 2.75) is 39.2 Å². The van der Waals surface area contributed by atoms with Gasteiger partial charge in [-0.2, -0.15) is 18.7 Å². The maximum absolute atomic E-state index is 14.3. The number of nitrogens with zero attached hydrogens (tertiary/aromatic N) is 4. The van der Waals surface area contributed by atoms with Gasteiger partial charge in [-0.05, 0) is 61.6 Å². The van der Waals surface area contributed by atoms with Crippen molar-refractivity contribution in [1.29, 1.82) is 0 Å². The van der Waals surface area contributed by atoms with Gasteiger partial charge in [-0.1, -0.05) is 24.3 Å². The van der Waals surface area contributed by atoms with E-state index in [2.05, 4.69) is 9.97 Å². The maximum Gasteiger partial charge on any atom is 0.352 e. The van der Waals surface area contributed by atoms with Crippen molar-refractivity contribution < 1.29 is 13.2 Å². The third-order valence-electron chi connectivity index (χ3n) is 6.21. The fourth-order valence-electron chi connectivity index (χ4n) is 4.00. The first-order chi connectivity index (χ1) is 16.2. The first-order valence-corrected chi connectivity index (χ1v) is 11.9. The monoisotopic (exact) mass is 484 g/mol. The van der Waals surface area contributed by atoms with E-state index in [0.29, 0.717) is 48.1 Å². The second-order valence-electron chi connectivity index (χ2n) is 8.60. The van der Waals surface area contributed by atoms with Gasteiger partial charge in [0.1, 0.15) is 11.6 Å². The number of hydrogen-bond acceptors (Lipinski definition) is 5. The van der Waals surface area contributed by atoms with Crippen molar-refractivity contribution in [3.63, 3.8) is 0 Å². The summed E-state index contributed by atoms with van der Waals surface area (Å²) in [5.74, 6) is -2.36. The van der Waals surface area contributed by atoms with E-state index in [0.717, 1.165) is 22.5 Å². The van der Waals surface area contributed by atoms with Gasteiger partial charge in [0.2, 0.25) is 5.95 Å². The number of halogens is 3. The summed E-state index contributed by atoms with van der Waals surface area (Å²) in [6.07, 6.45) is 4.55. The highest BCUT2D eigenvalue weighted by atomic mass is 32.1. The Morgan fingerprint density at radius 3 is 2.56 bits per heavy atom. The van der Waals surface area contributed by atoms with Gasteiger partial charge in [0.15, 0.2) is 0 Å². The van der Waals surface area contributed by atoms with Gasteiger partial charge in [0.05, 0.1) is 11.4 Å². The highest BCUT2D eigenvalue weighted by molar-refractivity contribution is 7.12. The molecule has 5 rings (SSSR count). The van der Waals surface area contributed by atoms with Crippen molar-refractivity contribution in [2.75, 3.05) is 18.0 Å². The minimum atomic E-state index is -2.94. The molecule has 5 nitrogen and oxygen atoms in total. The maximum atomic E-state index is 14.3. The fraction of sp³-hybridized carbons (Fsp3) is 0.320. The van der Waals surface area contributed by atoms with E-state index in [4.69, 9.17) is 0 Å². The van der Waals surface area contributed by atoms with Crippen molar-refractivity contribution >= 4 is 22.9 Å². The first kappa shape index (κ1) is 22.6. The second-order valence-corrected chi connectivity index (χ2v) is 9.77. The van der Waals surface area contributed by atoms with Crippen molar-refractivity contribution in [1.82, 2.24) is 14.5 Å². The zero-order chi connectivity index (χ0) is 24.0. The summed E-state index contributed by atoms with van der Waals surface area (Å²) in [7, 11) is 0. The van der Waals surface area contributed by atoms with Crippen LogP contribution < -0.4 is 10.6 Å². The predicted octanol–water partition coefficient (Wildman–Crippen LogP) is 5.22. The largest absolute Gasteiger partial charge is 0.352 e. The van der Waals surface area contributed by atoms with Crippen LogP contribution in [0.15, 0.2) is 52.9 Å². The molecule has 3 heterocycles. The molecule has 2 aromatic heterocycles. The van der Waals surface area contributed by atoms with E-state index in [1.54, 1.807) is 32.0 Å². The van der Waals surface area contributed by atoms with Crippen molar-refractivity contribution in [2.24, 2.45) is 0 Å². The molecule has 1 aliphatic heterocycles. The van der Waals surface area contributed by atoms with Crippen molar-refractivity contribution in [3.05, 3.63) is 91.1 Å². The normalized spacial score (nSPS) is 15.9. The summed E-state index contributed by atoms with van der Waals surface area (Å²) in [5.41, 5.74) is 2.19. The molecule has 0 unspecified atom stereocenters. The molecule has 1 aromatic carbocycles. The molecule has 0 radical (unpaired) electrons. The topological polar surface area (TPSA) is 51.0 Å². The van der Waals surface area contributed by atoms with Gasteiger partial charge in [-0.25, -0.2) is 9.18 Å². The summed E-state index contributed by atoms with van der Waals surface area (Å²) in [5, 5.41) is 0. The first-order valence-electron chi connectivity index (χ1n) is 11.0. The number of alkyl halides is 2. The highest BCUT2D eigenvalue weighted by Gasteiger charge is 2.41. The van der Waals surface area contributed by atoms with Gasteiger partial charge < -0.3 is 4.90 Å². The summed E-state index contributed by atoms with van der Waals surface area (Å²) in [6.45, 7) is 4.70. The Morgan fingerprint density at radius 1 is 1.12 bits per heavy atom. The zero-order valence-electron chi connectivity index (χ0n) is 18.8. The van der Waals surface area contributed by atoms with Crippen LogP contribution in [-0.4, -0.2) is 27.6 Å². The molecule has 3 aromatic rings.